The molecule has 1 unspecified atom stereocenters. The molecule has 0 aliphatic carbocycles. The molecular formula is C17H25NO4Si. The third-order valence-electron chi connectivity index (χ3n) is 3.23. The molecule has 0 saturated carbocycles. The molecular weight excluding hydrogens is 310 g/mol. The molecule has 6 heteroatoms. The van der Waals surface area contributed by atoms with Gasteiger partial charge >= 0.3 is 5.97 Å². The second-order valence-corrected chi connectivity index (χ2v) is 11.7. The van der Waals surface area contributed by atoms with Crippen molar-refractivity contribution in [3.63, 3.8) is 0 Å². The highest BCUT2D eigenvalue weighted by Gasteiger charge is 2.41. The first-order valence-electron chi connectivity index (χ1n) is 7.71. The van der Waals surface area contributed by atoms with E-state index in [0.717, 1.165) is 0 Å². The van der Waals surface area contributed by atoms with Crippen LogP contribution in [0.1, 0.15) is 30.6 Å². The zero-order valence-electron chi connectivity index (χ0n) is 14.5. The second-order valence-electron chi connectivity index (χ2n) is 7.27. The van der Waals surface area contributed by atoms with E-state index >= 15 is 0 Å². The molecule has 126 valence electrons. The minimum atomic E-state index is -1.88. The number of hydrogen-bond donors (Lipinski definition) is 0. The summed E-state index contributed by atoms with van der Waals surface area (Å²) in [6.45, 7) is 14.0. The maximum absolute atomic E-state index is 12.3. The monoisotopic (exact) mass is 335 g/mol. The lowest BCUT2D eigenvalue weighted by atomic mass is 9.97. The zero-order chi connectivity index (χ0) is 17.3. The van der Waals surface area contributed by atoms with Gasteiger partial charge in [0, 0.05) is 6.42 Å². The molecule has 0 radical (unpaired) electrons. The van der Waals surface area contributed by atoms with Crippen LogP contribution in [0.3, 0.4) is 0 Å². The lowest BCUT2D eigenvalue weighted by molar-refractivity contribution is -0.370. The second kappa shape index (κ2) is 6.47. The highest BCUT2D eigenvalue weighted by Crippen LogP contribution is 2.34. The number of benzene rings is 1. The predicted octanol–water partition coefficient (Wildman–Crippen LogP) is 3.91. The van der Waals surface area contributed by atoms with Crippen LogP contribution in [-0.4, -0.2) is 31.2 Å². The summed E-state index contributed by atoms with van der Waals surface area (Å²) in [5.74, 6) is -0.373. The van der Waals surface area contributed by atoms with Crippen LogP contribution in [0.5, 0.6) is 0 Å². The molecule has 1 atom stereocenters. The Labute approximate surface area is 138 Å². The van der Waals surface area contributed by atoms with Gasteiger partial charge in [0.05, 0.1) is 11.2 Å². The van der Waals surface area contributed by atoms with E-state index in [1.807, 2.05) is 19.9 Å². The lowest BCUT2D eigenvalue weighted by Crippen LogP contribution is -2.51. The Hall–Kier alpha value is -1.63. The number of rotatable bonds is 4. The quantitative estimate of drug-likeness (QED) is 0.617. The molecule has 0 spiro atoms. The molecule has 1 fully saturated rings. The lowest BCUT2D eigenvalue weighted by Gasteiger charge is -2.44. The van der Waals surface area contributed by atoms with E-state index < -0.39 is 20.0 Å². The van der Waals surface area contributed by atoms with E-state index in [9.17, 15) is 4.79 Å². The van der Waals surface area contributed by atoms with Gasteiger partial charge in [0.15, 0.2) is 0 Å². The van der Waals surface area contributed by atoms with Crippen molar-refractivity contribution in [2.24, 2.45) is 0 Å². The first-order valence-corrected chi connectivity index (χ1v) is 11.1. The Morgan fingerprint density at radius 2 is 1.91 bits per heavy atom. The van der Waals surface area contributed by atoms with Gasteiger partial charge in [-0.25, -0.2) is 9.63 Å². The summed E-state index contributed by atoms with van der Waals surface area (Å²) in [6, 6.07) is 8.93. The number of nitrogens with zero attached hydrogens (tertiary/aromatic N) is 1. The first kappa shape index (κ1) is 17.7. The highest BCUT2D eigenvalue weighted by molar-refractivity contribution is 6.69. The zero-order valence-corrected chi connectivity index (χ0v) is 15.5. The smallest absolute Gasteiger partial charge is 0.338 e. The van der Waals surface area contributed by atoms with Crippen molar-refractivity contribution in [1.29, 1.82) is 0 Å². The Morgan fingerprint density at radius 3 is 2.48 bits per heavy atom. The number of carbonyl (C=O) groups excluding carboxylic acids is 1. The molecule has 1 aliphatic heterocycles. The summed E-state index contributed by atoms with van der Waals surface area (Å²) in [7, 11) is -1.88. The van der Waals surface area contributed by atoms with Gasteiger partial charge in [0.2, 0.25) is 8.32 Å². The number of hydroxylamine groups is 2. The van der Waals surface area contributed by atoms with Crippen LogP contribution in [-0.2, 0) is 14.1 Å². The predicted molar refractivity (Wildman–Crippen MR) is 90.8 cm³/mol. The molecule has 1 aliphatic rings. The van der Waals surface area contributed by atoms with Crippen LogP contribution in [0.15, 0.2) is 42.6 Å². The van der Waals surface area contributed by atoms with E-state index in [-0.39, 0.29) is 5.97 Å². The number of esters is 1. The number of carbonyl (C=O) groups is 1. The van der Waals surface area contributed by atoms with Crippen molar-refractivity contribution in [1.82, 2.24) is 5.23 Å². The average Bonchev–Trinajstić information content (AvgIpc) is 2.42. The maximum Gasteiger partial charge on any atom is 0.338 e. The van der Waals surface area contributed by atoms with Crippen molar-refractivity contribution in [3.8, 4) is 0 Å². The molecule has 23 heavy (non-hydrogen) atoms. The van der Waals surface area contributed by atoms with Crippen LogP contribution in [0, 0.1) is 0 Å². The van der Waals surface area contributed by atoms with Gasteiger partial charge < -0.3 is 4.74 Å². The fraction of sp³-hybridized carbons (Fsp3) is 0.471. The molecule has 0 aromatic heterocycles. The summed E-state index contributed by atoms with van der Waals surface area (Å²) in [5, 5.41) is 1.35. The third kappa shape index (κ3) is 4.92. The third-order valence-corrected chi connectivity index (χ3v) is 3.94. The van der Waals surface area contributed by atoms with Crippen molar-refractivity contribution in [2.45, 2.75) is 51.6 Å². The number of ether oxygens (including phenoxy) is 1. The molecule has 1 heterocycles. The molecule has 0 N–H and O–H groups in total. The maximum atomic E-state index is 12.3. The average molecular weight is 335 g/mol. The summed E-state index contributed by atoms with van der Waals surface area (Å²) in [4.78, 5) is 18.1. The van der Waals surface area contributed by atoms with Crippen molar-refractivity contribution in [2.75, 3.05) is 0 Å². The molecule has 0 amide bonds. The normalized spacial score (nSPS) is 21.2. The SMILES string of the molecule is C=C1C(OC(=O)c2ccccc2)CC(C)(C)ON1O[Si](C)(C)C. The van der Waals surface area contributed by atoms with Gasteiger partial charge in [-0.05, 0) is 45.6 Å². The molecule has 0 bridgehead atoms. The van der Waals surface area contributed by atoms with E-state index in [1.165, 1.54) is 5.23 Å². The Morgan fingerprint density at radius 1 is 1.30 bits per heavy atom. The van der Waals surface area contributed by atoms with Crippen molar-refractivity contribution in [3.05, 3.63) is 48.2 Å². The molecule has 1 aromatic carbocycles. The minimum absolute atomic E-state index is 0.373. The van der Waals surface area contributed by atoms with Crippen LogP contribution in [0.2, 0.25) is 19.6 Å². The van der Waals surface area contributed by atoms with Gasteiger partial charge in [-0.3, -0.25) is 4.53 Å². The van der Waals surface area contributed by atoms with E-state index in [2.05, 4.69) is 26.2 Å². The topological polar surface area (TPSA) is 48.0 Å². The van der Waals surface area contributed by atoms with E-state index in [4.69, 9.17) is 14.1 Å². The van der Waals surface area contributed by atoms with Crippen LogP contribution >= 0.6 is 0 Å². The summed E-state index contributed by atoms with van der Waals surface area (Å²) >= 11 is 0. The van der Waals surface area contributed by atoms with E-state index in [1.54, 1.807) is 24.3 Å². The molecule has 2 rings (SSSR count). The van der Waals surface area contributed by atoms with Gasteiger partial charge in [0.25, 0.3) is 0 Å². The van der Waals surface area contributed by atoms with Crippen LogP contribution < -0.4 is 0 Å². The largest absolute Gasteiger partial charge is 0.452 e. The molecule has 5 nitrogen and oxygen atoms in total. The highest BCUT2D eigenvalue weighted by atomic mass is 28.4. The number of hydrogen-bond acceptors (Lipinski definition) is 5. The first-order chi connectivity index (χ1) is 10.6. The molecule has 1 saturated heterocycles. The minimum Gasteiger partial charge on any atom is -0.452 e. The molecule has 1 aromatic rings. The summed E-state index contributed by atoms with van der Waals surface area (Å²) in [6.07, 6.45) is 0.0403. The van der Waals surface area contributed by atoms with Gasteiger partial charge in [0.1, 0.15) is 11.8 Å². The van der Waals surface area contributed by atoms with Crippen molar-refractivity contribution >= 4 is 14.3 Å². The Kier molecular flexibility index (Phi) is 4.98. The Balaban J connectivity index is 2.13. The fourth-order valence-corrected chi connectivity index (χ4v) is 2.86. The van der Waals surface area contributed by atoms with E-state index in [0.29, 0.717) is 17.7 Å². The summed E-state index contributed by atoms with van der Waals surface area (Å²) in [5.41, 5.74) is 0.515. The van der Waals surface area contributed by atoms with Crippen LogP contribution in [0.25, 0.3) is 0 Å². The van der Waals surface area contributed by atoms with Gasteiger partial charge in [-0.2, -0.15) is 0 Å². The fourth-order valence-electron chi connectivity index (χ4n) is 2.21. The Bertz CT molecular complexity index is 578. The van der Waals surface area contributed by atoms with Gasteiger partial charge in [-0.15, -0.1) is 5.23 Å². The van der Waals surface area contributed by atoms with Crippen LogP contribution in [0.4, 0.5) is 0 Å². The van der Waals surface area contributed by atoms with Crippen molar-refractivity contribution < 1.29 is 18.9 Å². The standard InChI is InChI=1S/C17H25NO4Si/c1-13-15(20-16(19)14-10-8-7-9-11-14)12-17(2,3)21-18(13)22-23(4,5)6/h7-11,15H,1,12H2,2-6H3. The van der Waals surface area contributed by atoms with Gasteiger partial charge in [-0.1, -0.05) is 24.8 Å². The summed E-state index contributed by atoms with van der Waals surface area (Å²) < 4.78 is 11.5.